The zero-order chi connectivity index (χ0) is 73.9. The number of nitrogens with zero attached hydrogens (tertiary/aromatic N) is 14. The van der Waals surface area contributed by atoms with Crippen LogP contribution in [0.2, 0.25) is 0 Å². The van der Waals surface area contributed by atoms with Gasteiger partial charge in [-0.3, -0.25) is 9.59 Å². The topological polar surface area (TPSA) is 206 Å². The zero-order valence-electron chi connectivity index (χ0n) is 55.1. The van der Waals surface area contributed by atoms with Crippen molar-refractivity contribution in [3.05, 3.63) is 141 Å². The molecular formula is C67H70ClF16N15O3. The second kappa shape index (κ2) is 31.0. The van der Waals surface area contributed by atoms with Crippen LogP contribution in [0.5, 0.6) is 0 Å². The SMILES string of the molecule is CCl.Cn1nnc(N(Cc2cc(C(F)(F)F)cc(C(F)(F)F)c2)Cc2cc3cc(F)c(F)cc3nc2N2CCC[C@@H]2C2CCC(CC(=O)O)CC2)n1.Cn1nnc(N(Cc2cc(C(F)(F)F)cc(C(F)(F)F)c2)Cc2cc3cc(F)c(F)cc3nc2N2CCC[C@@H]2C2CCC(CC(N)=O)CC2)n1. The van der Waals surface area contributed by atoms with E-state index in [2.05, 4.69) is 52.2 Å². The number of rotatable bonds is 18. The minimum Gasteiger partial charge on any atom is -0.481 e. The molecule has 6 heterocycles. The number of amides is 1. The lowest BCUT2D eigenvalue weighted by molar-refractivity contribution is -0.144. The Kier molecular flexibility index (Phi) is 23.0. The van der Waals surface area contributed by atoms with E-state index < -0.39 is 89.3 Å². The summed E-state index contributed by atoms with van der Waals surface area (Å²) in [6, 6.07) is 9.75. The maximum atomic E-state index is 14.4. The summed E-state index contributed by atoms with van der Waals surface area (Å²) in [5.41, 5.74) is 0.135. The first-order chi connectivity index (χ1) is 48.1. The monoisotopic (exact) mass is 1470 g/mol. The maximum absolute atomic E-state index is 14.4. The molecule has 18 nitrogen and oxygen atoms in total. The van der Waals surface area contributed by atoms with E-state index in [-0.39, 0.29) is 118 Å². The summed E-state index contributed by atoms with van der Waals surface area (Å²) in [6.45, 7) is -0.204. The number of primary amides is 1. The number of hydrogen-bond acceptors (Lipinski definition) is 14. The first-order valence-electron chi connectivity index (χ1n) is 32.6. The van der Waals surface area contributed by atoms with Crippen LogP contribution >= 0.6 is 11.6 Å². The summed E-state index contributed by atoms with van der Waals surface area (Å²) >= 11 is 4.64. The molecule has 1 amide bonds. The molecule has 4 fully saturated rings. The highest BCUT2D eigenvalue weighted by Gasteiger charge is 2.42. The van der Waals surface area contributed by atoms with Crippen molar-refractivity contribution in [1.82, 2.24) is 50.4 Å². The lowest BCUT2D eigenvalue weighted by Crippen LogP contribution is -2.39. The first-order valence-corrected chi connectivity index (χ1v) is 33.4. The molecule has 2 aliphatic carbocycles. The number of pyridine rings is 2. The summed E-state index contributed by atoms with van der Waals surface area (Å²) in [5.74, 6) is -4.23. The van der Waals surface area contributed by atoms with Crippen molar-refractivity contribution in [2.75, 3.05) is 39.1 Å². The predicted molar refractivity (Wildman–Crippen MR) is 343 cm³/mol. The minimum atomic E-state index is -5.06. The van der Waals surface area contributed by atoms with Gasteiger partial charge in [-0.1, -0.05) is 10.2 Å². The largest absolute Gasteiger partial charge is 0.481 e. The number of tetrazole rings is 2. The molecule has 0 spiro atoms. The second-order valence-electron chi connectivity index (χ2n) is 26.2. The lowest BCUT2D eigenvalue weighted by atomic mass is 9.76. The number of aliphatic carboxylic acids is 1. The second-order valence-corrected chi connectivity index (χ2v) is 26.2. The van der Waals surface area contributed by atoms with Crippen LogP contribution < -0.4 is 25.3 Å². The third kappa shape index (κ3) is 18.3. The Balaban J connectivity index is 0.000000214. The van der Waals surface area contributed by atoms with E-state index >= 15 is 0 Å². The molecule has 4 aromatic carbocycles. The normalized spacial score (nSPS) is 19.8. The van der Waals surface area contributed by atoms with Crippen molar-refractivity contribution in [2.24, 2.45) is 43.5 Å². The number of hydrogen-bond donors (Lipinski definition) is 2. The van der Waals surface area contributed by atoms with E-state index in [4.69, 9.17) is 15.7 Å². The highest BCUT2D eigenvalue weighted by atomic mass is 35.5. The van der Waals surface area contributed by atoms with Crippen LogP contribution in [0.1, 0.15) is 134 Å². The molecule has 0 unspecified atom stereocenters. The van der Waals surface area contributed by atoms with Crippen LogP contribution in [-0.2, 0) is 74.6 Å². The molecule has 0 radical (unpaired) electrons. The smallest absolute Gasteiger partial charge is 0.416 e. The fourth-order valence-corrected chi connectivity index (χ4v) is 14.6. The fraction of sp³-hybridized carbons (Fsp3) is 0.493. The molecule has 2 saturated heterocycles. The number of fused-ring (bicyclic) bond motifs is 2. The standard InChI is InChI=1S/C33H34F8N8O.C33H33F8N7O2.CH3Cl/c1-47-45-31(44-46-47)48(16-19-9-23(32(36,37)38)14-24(10-19)33(39,40)41)17-22-12-21-13-25(34)26(35)15-27(21)43-30(22)49-8-2-3-28(49)20-6-4-18(5-7-20)11-29(42)50;1-46-44-31(43-45-46)47(16-19-9-23(32(36,37)38)14-24(10-19)33(39,40)41)17-22-12-21-13-25(34)26(35)15-27(21)42-30(22)48-8-2-3-28(48)20-6-4-18(5-7-20)11-29(49)50;1-2/h9-10,12-15,18,20,28H,2-8,11,16-17H2,1H3,(H2,42,50);9-10,12-15,18,20,28H,2-8,11,16-17H2,1H3,(H,49,50);1H3/t2*18?,20?,28-;/m11./s1. The quantitative estimate of drug-likeness (QED) is 0.0605. The number of nitrogens with two attached hydrogens (primary N) is 1. The number of benzene rings is 4. The molecule has 2 saturated carbocycles. The van der Waals surface area contributed by atoms with E-state index in [0.717, 1.165) is 111 Å². The third-order valence-corrected chi connectivity index (χ3v) is 19.1. The van der Waals surface area contributed by atoms with Crippen molar-refractivity contribution < 1.29 is 84.9 Å². The number of aryl methyl sites for hydroxylation is 2. The molecule has 3 N–H and O–H groups in total. The van der Waals surface area contributed by atoms with Gasteiger partial charge >= 0.3 is 30.7 Å². The molecule has 12 rings (SSSR count). The van der Waals surface area contributed by atoms with Gasteiger partial charge in [0.15, 0.2) is 23.3 Å². The average Bonchev–Trinajstić information content (AvgIpc) is 1.30. The van der Waals surface area contributed by atoms with Crippen LogP contribution in [0.3, 0.4) is 0 Å². The highest BCUT2D eigenvalue weighted by molar-refractivity contribution is 6.15. The van der Waals surface area contributed by atoms with Gasteiger partial charge in [-0.05, 0) is 183 Å². The summed E-state index contributed by atoms with van der Waals surface area (Å²) in [6.07, 6.45) is -8.72. The number of halogens is 17. The Morgan fingerprint density at radius 2 is 0.833 bits per heavy atom. The summed E-state index contributed by atoms with van der Waals surface area (Å²) < 4.78 is 222. The van der Waals surface area contributed by atoms with E-state index in [1.54, 1.807) is 12.1 Å². The van der Waals surface area contributed by atoms with Crippen molar-refractivity contribution in [3.8, 4) is 0 Å². The van der Waals surface area contributed by atoms with Crippen LogP contribution in [0.15, 0.2) is 72.8 Å². The van der Waals surface area contributed by atoms with Gasteiger partial charge in [0.25, 0.3) is 11.9 Å². The number of alkyl halides is 13. The van der Waals surface area contributed by atoms with Gasteiger partial charge in [0.05, 0.1) is 47.4 Å². The van der Waals surface area contributed by atoms with Gasteiger partial charge < -0.3 is 30.4 Å². The molecule has 4 aromatic heterocycles. The minimum absolute atomic E-state index is 0.0134. The zero-order valence-corrected chi connectivity index (χ0v) is 55.8. The van der Waals surface area contributed by atoms with Gasteiger partial charge in [0.1, 0.15) is 11.6 Å². The molecule has 35 heteroatoms. The van der Waals surface area contributed by atoms with Gasteiger partial charge in [-0.25, -0.2) is 27.5 Å². The van der Waals surface area contributed by atoms with Crippen LogP contribution in [0, 0.1) is 46.9 Å². The molecule has 2 atom stereocenters. The van der Waals surface area contributed by atoms with E-state index in [1.165, 1.54) is 30.3 Å². The van der Waals surface area contributed by atoms with Crippen molar-refractivity contribution in [3.63, 3.8) is 0 Å². The lowest BCUT2D eigenvalue weighted by Gasteiger charge is -2.38. The molecule has 102 heavy (non-hydrogen) atoms. The molecule has 8 aromatic rings. The average molecular weight is 1470 g/mol. The highest BCUT2D eigenvalue weighted by Crippen LogP contribution is 2.45. The predicted octanol–water partition coefficient (Wildman–Crippen LogP) is 15.3. The van der Waals surface area contributed by atoms with E-state index in [1.807, 2.05) is 0 Å². The van der Waals surface area contributed by atoms with Crippen molar-refractivity contribution >= 4 is 68.8 Å². The number of aromatic nitrogens is 10. The molecule has 2 aliphatic heterocycles. The Morgan fingerprint density at radius 1 is 0.490 bits per heavy atom. The molecule has 4 aliphatic rings. The Labute approximate surface area is 578 Å². The Bertz CT molecular complexity index is 3950. The van der Waals surface area contributed by atoms with Crippen LogP contribution in [0.25, 0.3) is 21.8 Å². The number of carbonyl (C=O) groups excluding carboxylic acids is 1. The van der Waals surface area contributed by atoms with Crippen molar-refractivity contribution in [2.45, 2.75) is 153 Å². The Morgan fingerprint density at radius 3 is 1.15 bits per heavy atom. The third-order valence-electron chi connectivity index (χ3n) is 19.1. The van der Waals surface area contributed by atoms with Gasteiger partial charge in [-0.2, -0.15) is 62.3 Å². The summed E-state index contributed by atoms with van der Waals surface area (Å²) in [7, 11) is 2.90. The number of carbonyl (C=O) groups is 2. The van der Waals surface area contributed by atoms with Crippen LogP contribution in [0.4, 0.5) is 93.8 Å². The number of anilines is 4. The van der Waals surface area contributed by atoms with E-state index in [9.17, 15) is 84.9 Å². The van der Waals surface area contributed by atoms with E-state index in [0.29, 0.717) is 66.5 Å². The van der Waals surface area contributed by atoms with Crippen molar-refractivity contribution in [1.29, 1.82) is 0 Å². The van der Waals surface area contributed by atoms with Gasteiger partial charge in [0.2, 0.25) is 5.91 Å². The summed E-state index contributed by atoms with van der Waals surface area (Å²) in [4.78, 5) is 41.4. The fourth-order valence-electron chi connectivity index (χ4n) is 14.6. The Hall–Kier alpha value is -8.85. The molecule has 0 bridgehead atoms. The first kappa shape index (κ1) is 75.8. The van der Waals surface area contributed by atoms with Gasteiger partial charge in [-0.15, -0.1) is 21.8 Å². The molecular weight excluding hydrogens is 1400 g/mol. The maximum Gasteiger partial charge on any atom is 0.416 e. The number of carboxylic acid groups (broad SMARTS) is 1. The number of carboxylic acids is 1. The van der Waals surface area contributed by atoms with Crippen LogP contribution in [-0.4, -0.2) is 98.9 Å². The summed E-state index contributed by atoms with van der Waals surface area (Å²) in [5, 5.41) is 33.7. The van der Waals surface area contributed by atoms with Gasteiger partial charge in [0, 0.05) is 105 Å². The molecule has 550 valence electrons.